The highest BCUT2D eigenvalue weighted by Crippen LogP contribution is 2.42. The fourth-order valence-electron chi connectivity index (χ4n) is 7.66. The van der Waals surface area contributed by atoms with Crippen molar-refractivity contribution in [2.75, 3.05) is 0 Å². The predicted molar refractivity (Wildman–Crippen MR) is 206 cm³/mol. The Labute approximate surface area is 287 Å². The van der Waals surface area contributed by atoms with Gasteiger partial charge in [0.25, 0.3) is 0 Å². The molecule has 2 nitrogen and oxygen atoms in total. The summed E-state index contributed by atoms with van der Waals surface area (Å²) in [7, 11) is 2.20. The van der Waals surface area contributed by atoms with Crippen LogP contribution in [0, 0.1) is 11.3 Å². The number of hydrogen-bond acceptors (Lipinski definition) is 2. The highest BCUT2D eigenvalue weighted by Gasteiger charge is 2.28. The van der Waals surface area contributed by atoms with Gasteiger partial charge in [-0.3, -0.25) is 4.79 Å². The zero-order valence-corrected chi connectivity index (χ0v) is 32.9. The van der Waals surface area contributed by atoms with Crippen molar-refractivity contribution < 1.29 is 9.32 Å². The van der Waals surface area contributed by atoms with Crippen molar-refractivity contribution in [2.45, 2.75) is 252 Å². The average Bonchev–Trinajstić information content (AvgIpc) is 3.05. The zero-order chi connectivity index (χ0) is 33.1. The summed E-state index contributed by atoms with van der Waals surface area (Å²) in [6.45, 7) is 9.32. The summed E-state index contributed by atoms with van der Waals surface area (Å²) >= 11 is 0. The maximum absolute atomic E-state index is 12.5. The van der Waals surface area contributed by atoms with E-state index in [9.17, 15) is 4.79 Å². The van der Waals surface area contributed by atoms with Crippen LogP contribution in [0.1, 0.15) is 252 Å². The first-order valence-electron chi connectivity index (χ1n) is 21.0. The van der Waals surface area contributed by atoms with Gasteiger partial charge in [-0.2, -0.15) is 0 Å². The van der Waals surface area contributed by atoms with Crippen molar-refractivity contribution in [3.63, 3.8) is 0 Å². The first kappa shape index (κ1) is 44.9. The number of hydrogen-bond donors (Lipinski definition) is 0. The normalized spacial score (nSPS) is 12.6. The van der Waals surface area contributed by atoms with E-state index in [0.717, 1.165) is 12.8 Å². The summed E-state index contributed by atoms with van der Waals surface area (Å²) < 4.78 is 5.12. The molecule has 2 atom stereocenters. The number of carbonyl (C=O) groups excluding carboxylic acids is 1. The maximum Gasteiger partial charge on any atom is 0.311 e. The third-order valence-corrected chi connectivity index (χ3v) is 11.0. The van der Waals surface area contributed by atoms with Gasteiger partial charge in [0, 0.05) is 0 Å². The van der Waals surface area contributed by atoms with E-state index in [1.165, 1.54) is 212 Å². The molecule has 3 heteroatoms. The monoisotopic (exact) mass is 653 g/mol. The Morgan fingerprint density at radius 2 is 0.667 bits per heavy atom. The standard InChI is InChI=1S/C42H85O2P/c1-5-9-13-17-18-19-20-21-22-23-25-28-34-40(41(43)44-45)35-29-26-24-27-33-39-42(36-30-14-10-6-2,37-31-15-11-7-3)38-32-16-12-8-4/h40H,5-39,45H2,1-4H3. The third-order valence-electron chi connectivity index (χ3n) is 10.8. The van der Waals surface area contributed by atoms with E-state index in [1.807, 2.05) is 0 Å². The van der Waals surface area contributed by atoms with Crippen LogP contribution in [0.25, 0.3) is 0 Å². The molecule has 0 aromatic carbocycles. The van der Waals surface area contributed by atoms with E-state index in [0.29, 0.717) is 5.41 Å². The van der Waals surface area contributed by atoms with Gasteiger partial charge < -0.3 is 4.52 Å². The second kappa shape index (κ2) is 35.2. The fraction of sp³-hybridized carbons (Fsp3) is 0.976. The molecule has 2 unspecified atom stereocenters. The molecule has 270 valence electrons. The summed E-state index contributed by atoms with van der Waals surface area (Å²) in [4.78, 5) is 12.5. The lowest BCUT2D eigenvalue weighted by Crippen LogP contribution is -2.21. The molecule has 0 aliphatic heterocycles. The Bertz CT molecular complexity index is 560. The van der Waals surface area contributed by atoms with E-state index in [1.54, 1.807) is 0 Å². The highest BCUT2D eigenvalue weighted by atomic mass is 31.0. The molecule has 0 aromatic heterocycles. The van der Waals surface area contributed by atoms with E-state index < -0.39 is 0 Å². The average molecular weight is 653 g/mol. The predicted octanol–water partition coefficient (Wildman–Crippen LogP) is 15.7. The van der Waals surface area contributed by atoms with Crippen LogP contribution in [0.4, 0.5) is 0 Å². The molecular weight excluding hydrogens is 567 g/mol. The third kappa shape index (κ3) is 28.6. The minimum Gasteiger partial charge on any atom is -0.451 e. The largest absolute Gasteiger partial charge is 0.451 e. The summed E-state index contributed by atoms with van der Waals surface area (Å²) in [5, 5.41) is 0. The minimum atomic E-state index is 0.00192. The van der Waals surface area contributed by atoms with E-state index in [-0.39, 0.29) is 11.9 Å². The van der Waals surface area contributed by atoms with Crippen molar-refractivity contribution in [1.82, 2.24) is 0 Å². The van der Waals surface area contributed by atoms with Crippen LogP contribution < -0.4 is 0 Å². The van der Waals surface area contributed by atoms with Gasteiger partial charge >= 0.3 is 5.97 Å². The summed E-state index contributed by atoms with van der Waals surface area (Å²) in [5.41, 5.74) is 0.608. The zero-order valence-electron chi connectivity index (χ0n) is 31.7. The first-order chi connectivity index (χ1) is 22.1. The van der Waals surface area contributed by atoms with Crippen LogP contribution in [0.5, 0.6) is 0 Å². The molecular formula is C42H85O2P. The van der Waals surface area contributed by atoms with Gasteiger partial charge in [0.1, 0.15) is 0 Å². The molecule has 0 aliphatic rings. The SMILES string of the molecule is CCCCCCCCCCCCCCC(CCCCCCCC(CCCCCC)(CCCCCC)CCCCCC)C(=O)OP. The molecule has 0 fully saturated rings. The van der Waals surface area contributed by atoms with Crippen molar-refractivity contribution >= 4 is 15.4 Å². The molecule has 0 aromatic rings. The Morgan fingerprint density at radius 3 is 0.956 bits per heavy atom. The Balaban J connectivity index is 4.41. The second-order valence-corrected chi connectivity index (χ2v) is 15.3. The molecule has 45 heavy (non-hydrogen) atoms. The van der Waals surface area contributed by atoms with Crippen LogP contribution >= 0.6 is 9.47 Å². The topological polar surface area (TPSA) is 26.3 Å². The molecule has 0 amide bonds. The summed E-state index contributed by atoms with van der Waals surface area (Å²) in [6, 6.07) is 0. The fourth-order valence-corrected chi connectivity index (χ4v) is 7.85. The first-order valence-corrected chi connectivity index (χ1v) is 21.5. The van der Waals surface area contributed by atoms with Crippen molar-refractivity contribution in [3.05, 3.63) is 0 Å². The molecule has 0 saturated heterocycles. The molecule has 0 N–H and O–H groups in total. The van der Waals surface area contributed by atoms with Crippen molar-refractivity contribution in [3.8, 4) is 0 Å². The molecule has 0 saturated carbocycles. The smallest absolute Gasteiger partial charge is 0.311 e. The van der Waals surface area contributed by atoms with E-state index in [2.05, 4.69) is 37.2 Å². The molecule has 0 rings (SSSR count). The Kier molecular flexibility index (Phi) is 35.1. The molecule has 0 heterocycles. The van der Waals surface area contributed by atoms with Gasteiger partial charge in [-0.15, -0.1) is 0 Å². The van der Waals surface area contributed by atoms with Gasteiger partial charge in [0.05, 0.1) is 15.4 Å². The highest BCUT2D eigenvalue weighted by molar-refractivity contribution is 7.10. The van der Waals surface area contributed by atoms with Gasteiger partial charge in [0.15, 0.2) is 0 Å². The molecule has 0 spiro atoms. The number of carbonyl (C=O) groups is 1. The maximum atomic E-state index is 12.5. The Hall–Kier alpha value is -0.100. The molecule has 0 bridgehead atoms. The van der Waals surface area contributed by atoms with Gasteiger partial charge in [-0.1, -0.05) is 214 Å². The van der Waals surface area contributed by atoms with Gasteiger partial charge in [-0.25, -0.2) is 0 Å². The lowest BCUT2D eigenvalue weighted by atomic mass is 9.70. The summed E-state index contributed by atoms with van der Waals surface area (Å²) in [6.07, 6.45) is 47.8. The van der Waals surface area contributed by atoms with Crippen molar-refractivity contribution in [2.24, 2.45) is 11.3 Å². The van der Waals surface area contributed by atoms with Gasteiger partial charge in [0.2, 0.25) is 0 Å². The van der Waals surface area contributed by atoms with E-state index >= 15 is 0 Å². The second-order valence-electron chi connectivity index (χ2n) is 15.0. The molecule has 0 aliphatic carbocycles. The lowest BCUT2D eigenvalue weighted by molar-refractivity contribution is -0.138. The quantitative estimate of drug-likeness (QED) is 0.0493. The number of rotatable bonds is 37. The van der Waals surface area contributed by atoms with Crippen LogP contribution in [0.2, 0.25) is 0 Å². The van der Waals surface area contributed by atoms with Crippen LogP contribution in [0.3, 0.4) is 0 Å². The van der Waals surface area contributed by atoms with Crippen LogP contribution in [-0.2, 0) is 9.32 Å². The Morgan fingerprint density at radius 1 is 0.422 bits per heavy atom. The lowest BCUT2D eigenvalue weighted by Gasteiger charge is -2.35. The minimum absolute atomic E-state index is 0.00192. The van der Waals surface area contributed by atoms with E-state index in [4.69, 9.17) is 4.52 Å². The molecule has 0 radical (unpaired) electrons. The van der Waals surface area contributed by atoms with Gasteiger partial charge in [-0.05, 0) is 43.9 Å². The number of unbranched alkanes of at least 4 members (excludes halogenated alkanes) is 24. The van der Waals surface area contributed by atoms with Crippen LogP contribution in [-0.4, -0.2) is 5.97 Å². The summed E-state index contributed by atoms with van der Waals surface area (Å²) in [5.74, 6) is 0.106. The van der Waals surface area contributed by atoms with Crippen LogP contribution in [0.15, 0.2) is 0 Å². The van der Waals surface area contributed by atoms with Crippen molar-refractivity contribution in [1.29, 1.82) is 0 Å².